The van der Waals surface area contributed by atoms with Crippen molar-refractivity contribution in [1.29, 1.82) is 0 Å². The number of carbonyl (C=O) groups excluding carboxylic acids is 2. The maximum atomic E-state index is 13.4. The molecule has 1 heterocycles. The van der Waals surface area contributed by atoms with Crippen molar-refractivity contribution in [3.63, 3.8) is 0 Å². The largest absolute Gasteiger partial charge is 0.326 e. The van der Waals surface area contributed by atoms with Gasteiger partial charge in [-0.25, -0.2) is 9.18 Å². The lowest BCUT2D eigenvalue weighted by molar-refractivity contribution is -0.386. The predicted molar refractivity (Wildman–Crippen MR) is 81.9 cm³/mol. The summed E-state index contributed by atoms with van der Waals surface area (Å²) in [6.45, 7) is 2.51. The molecule has 2 N–H and O–H groups in total. The van der Waals surface area contributed by atoms with Crippen LogP contribution in [-0.2, 0) is 11.3 Å². The van der Waals surface area contributed by atoms with E-state index in [4.69, 9.17) is 0 Å². The number of aryl methyl sites for hydroxylation is 1. The highest BCUT2D eigenvalue weighted by Crippen LogP contribution is 2.21. The molecule has 0 saturated heterocycles. The van der Waals surface area contributed by atoms with Gasteiger partial charge in [0.2, 0.25) is 5.91 Å². The van der Waals surface area contributed by atoms with Crippen molar-refractivity contribution in [2.75, 3.05) is 5.32 Å². The van der Waals surface area contributed by atoms with Crippen LogP contribution in [0.1, 0.15) is 11.4 Å². The summed E-state index contributed by atoms with van der Waals surface area (Å²) in [5, 5.41) is 19.0. The number of aromatic nitrogens is 2. The maximum absolute atomic E-state index is 13.4. The first-order valence-electron chi connectivity index (χ1n) is 6.83. The lowest BCUT2D eigenvalue weighted by atomic mass is 10.3. The van der Waals surface area contributed by atoms with Gasteiger partial charge < -0.3 is 5.32 Å². The van der Waals surface area contributed by atoms with Gasteiger partial charge in [-0.3, -0.25) is 24.9 Å². The van der Waals surface area contributed by atoms with Crippen LogP contribution < -0.4 is 10.6 Å². The molecule has 0 aliphatic rings. The first kappa shape index (κ1) is 17.1. The Balaban J connectivity index is 2.01. The van der Waals surface area contributed by atoms with Crippen molar-refractivity contribution in [3.05, 3.63) is 51.6 Å². The summed E-state index contributed by atoms with van der Waals surface area (Å²) < 4.78 is 14.5. The molecule has 9 nitrogen and oxygen atoms in total. The third kappa shape index (κ3) is 3.72. The van der Waals surface area contributed by atoms with E-state index >= 15 is 0 Å². The Labute approximate surface area is 135 Å². The van der Waals surface area contributed by atoms with Crippen LogP contribution in [-0.4, -0.2) is 26.6 Å². The molecular formula is C14H14FN5O4. The molecule has 0 fully saturated rings. The molecule has 2 rings (SSSR count). The SMILES string of the molecule is Cc1nn(CC(=O)NC(=O)Nc2ccccc2F)c(C)c1[N+](=O)[O-]. The van der Waals surface area contributed by atoms with Gasteiger partial charge in [-0.15, -0.1) is 0 Å². The number of benzene rings is 1. The minimum absolute atomic E-state index is 0.0791. The summed E-state index contributed by atoms with van der Waals surface area (Å²) in [6.07, 6.45) is 0. The number of nitrogens with zero attached hydrogens (tertiary/aromatic N) is 3. The Bertz CT molecular complexity index is 817. The highest BCUT2D eigenvalue weighted by molar-refractivity contribution is 6.01. The van der Waals surface area contributed by atoms with E-state index in [0.717, 1.165) is 10.7 Å². The fourth-order valence-corrected chi connectivity index (χ4v) is 2.12. The molecule has 0 radical (unpaired) electrons. The Morgan fingerprint density at radius 3 is 2.58 bits per heavy atom. The van der Waals surface area contributed by atoms with Crippen LogP contribution in [0.25, 0.3) is 0 Å². The van der Waals surface area contributed by atoms with Gasteiger partial charge in [0.05, 0.1) is 10.6 Å². The number of rotatable bonds is 4. The van der Waals surface area contributed by atoms with Crippen LogP contribution in [0.3, 0.4) is 0 Å². The van der Waals surface area contributed by atoms with Crippen LogP contribution in [0, 0.1) is 29.8 Å². The highest BCUT2D eigenvalue weighted by atomic mass is 19.1. The van der Waals surface area contributed by atoms with Gasteiger partial charge in [-0.2, -0.15) is 5.10 Å². The molecule has 0 saturated carbocycles. The van der Waals surface area contributed by atoms with E-state index in [1.54, 1.807) is 0 Å². The van der Waals surface area contributed by atoms with E-state index < -0.39 is 22.7 Å². The molecule has 2 aromatic rings. The van der Waals surface area contributed by atoms with Crippen LogP contribution in [0.2, 0.25) is 0 Å². The summed E-state index contributed by atoms with van der Waals surface area (Å²) in [4.78, 5) is 33.8. The number of imide groups is 1. The number of amides is 3. The summed E-state index contributed by atoms with van der Waals surface area (Å²) >= 11 is 0. The lowest BCUT2D eigenvalue weighted by Crippen LogP contribution is -2.37. The van der Waals surface area contributed by atoms with Gasteiger partial charge in [0.15, 0.2) is 0 Å². The average Bonchev–Trinajstić information content (AvgIpc) is 2.75. The fourth-order valence-electron chi connectivity index (χ4n) is 2.12. The van der Waals surface area contributed by atoms with Crippen molar-refractivity contribution < 1.29 is 18.9 Å². The topological polar surface area (TPSA) is 119 Å². The van der Waals surface area contributed by atoms with Gasteiger partial charge in [0, 0.05) is 0 Å². The van der Waals surface area contributed by atoms with Gasteiger partial charge >= 0.3 is 11.7 Å². The molecule has 3 amide bonds. The molecule has 0 spiro atoms. The number of anilines is 1. The quantitative estimate of drug-likeness (QED) is 0.653. The summed E-state index contributed by atoms with van der Waals surface area (Å²) in [7, 11) is 0. The standard InChI is InChI=1S/C14H14FN5O4/c1-8-13(20(23)24)9(2)19(18-8)7-12(21)17-14(22)16-11-6-4-3-5-10(11)15/h3-6H,7H2,1-2H3,(H2,16,17,21,22). The Morgan fingerprint density at radius 2 is 2.00 bits per heavy atom. The molecule has 0 bridgehead atoms. The van der Waals surface area contributed by atoms with Crippen molar-refractivity contribution >= 4 is 23.3 Å². The second-order valence-corrected chi connectivity index (χ2v) is 4.92. The number of hydrogen-bond donors (Lipinski definition) is 2. The zero-order chi connectivity index (χ0) is 17.9. The zero-order valence-electron chi connectivity index (χ0n) is 12.9. The summed E-state index contributed by atoms with van der Waals surface area (Å²) in [6, 6.07) is 4.56. The van der Waals surface area contributed by atoms with Gasteiger partial charge in [0.1, 0.15) is 23.7 Å². The number of nitro groups is 1. The summed E-state index contributed by atoms with van der Waals surface area (Å²) in [5.74, 6) is -1.39. The number of urea groups is 1. The van der Waals surface area contributed by atoms with E-state index in [0.29, 0.717) is 0 Å². The van der Waals surface area contributed by atoms with Gasteiger partial charge in [-0.05, 0) is 26.0 Å². The molecular weight excluding hydrogens is 321 g/mol. The average molecular weight is 335 g/mol. The molecule has 0 atom stereocenters. The number of hydrogen-bond acceptors (Lipinski definition) is 5. The number of para-hydroxylation sites is 1. The third-order valence-corrected chi connectivity index (χ3v) is 3.19. The predicted octanol–water partition coefficient (Wildman–Crippen LogP) is 1.90. The Kier molecular flexibility index (Phi) is 4.87. The number of nitrogens with one attached hydrogen (secondary N) is 2. The van der Waals surface area contributed by atoms with Crippen molar-refractivity contribution in [3.8, 4) is 0 Å². The van der Waals surface area contributed by atoms with E-state index in [1.807, 2.05) is 5.32 Å². The minimum atomic E-state index is -0.916. The number of carbonyl (C=O) groups is 2. The second-order valence-electron chi connectivity index (χ2n) is 4.92. The lowest BCUT2D eigenvalue weighted by Gasteiger charge is -2.08. The smallest absolute Gasteiger partial charge is 0.305 e. The fraction of sp³-hybridized carbons (Fsp3) is 0.214. The molecule has 10 heteroatoms. The first-order valence-corrected chi connectivity index (χ1v) is 6.83. The maximum Gasteiger partial charge on any atom is 0.326 e. The van der Waals surface area contributed by atoms with E-state index in [2.05, 4.69) is 10.4 Å². The molecule has 24 heavy (non-hydrogen) atoms. The van der Waals surface area contributed by atoms with Gasteiger partial charge in [-0.1, -0.05) is 12.1 Å². The van der Waals surface area contributed by atoms with Crippen molar-refractivity contribution in [2.45, 2.75) is 20.4 Å². The second kappa shape index (κ2) is 6.86. The van der Waals surface area contributed by atoms with Crippen LogP contribution in [0.15, 0.2) is 24.3 Å². The van der Waals surface area contributed by atoms with Crippen LogP contribution >= 0.6 is 0 Å². The molecule has 1 aromatic heterocycles. The van der Waals surface area contributed by atoms with Crippen molar-refractivity contribution in [2.24, 2.45) is 0 Å². The normalized spacial score (nSPS) is 10.3. The van der Waals surface area contributed by atoms with E-state index in [9.17, 15) is 24.1 Å². The summed E-state index contributed by atoms with van der Waals surface area (Å²) in [5.41, 5.74) is 0.103. The third-order valence-electron chi connectivity index (χ3n) is 3.19. The van der Waals surface area contributed by atoms with E-state index in [1.165, 1.54) is 32.0 Å². The Morgan fingerprint density at radius 1 is 1.33 bits per heavy atom. The zero-order valence-corrected chi connectivity index (χ0v) is 12.9. The molecule has 0 aliphatic heterocycles. The van der Waals surface area contributed by atoms with Crippen LogP contribution in [0.4, 0.5) is 20.6 Å². The molecule has 1 aromatic carbocycles. The molecule has 0 aliphatic carbocycles. The Hall–Kier alpha value is -3.30. The minimum Gasteiger partial charge on any atom is -0.305 e. The monoisotopic (exact) mass is 335 g/mol. The highest BCUT2D eigenvalue weighted by Gasteiger charge is 2.23. The molecule has 0 unspecified atom stereocenters. The molecule has 126 valence electrons. The first-order chi connectivity index (χ1) is 11.3. The van der Waals surface area contributed by atoms with E-state index in [-0.39, 0.29) is 29.3 Å². The van der Waals surface area contributed by atoms with Crippen LogP contribution in [0.5, 0.6) is 0 Å². The van der Waals surface area contributed by atoms with Crippen molar-refractivity contribution in [1.82, 2.24) is 15.1 Å². The van der Waals surface area contributed by atoms with Gasteiger partial charge in [0.25, 0.3) is 0 Å². The number of halogens is 1.